The van der Waals surface area contributed by atoms with Gasteiger partial charge in [-0.05, 0) is 45.1 Å². The minimum Gasteiger partial charge on any atom is -0.480 e. The molecule has 1 heterocycles. The molecule has 110 valence electrons. The molecule has 2 N–H and O–H groups in total. The van der Waals surface area contributed by atoms with E-state index in [-0.39, 0.29) is 6.04 Å². The van der Waals surface area contributed by atoms with Crippen molar-refractivity contribution in [1.82, 2.24) is 10.2 Å². The van der Waals surface area contributed by atoms with Crippen LogP contribution in [0.3, 0.4) is 0 Å². The first kappa shape index (κ1) is 14.8. The molecule has 2 rings (SSSR count). The molecule has 2 fully saturated rings. The van der Waals surface area contributed by atoms with Crippen molar-refractivity contribution in [2.75, 3.05) is 13.1 Å². The van der Waals surface area contributed by atoms with Gasteiger partial charge >= 0.3 is 5.97 Å². The average Bonchev–Trinajstić information content (AvgIpc) is 3.20. The Morgan fingerprint density at radius 1 is 1.37 bits per heavy atom. The molecule has 4 nitrogen and oxygen atoms in total. The zero-order valence-corrected chi connectivity index (χ0v) is 12.1. The molecule has 0 aromatic rings. The summed E-state index contributed by atoms with van der Waals surface area (Å²) in [5, 5.41) is 12.5. The molecule has 1 aliphatic carbocycles. The molecular formula is C15H28N2O2. The minimum absolute atomic E-state index is 0.350. The summed E-state index contributed by atoms with van der Waals surface area (Å²) in [6.07, 6.45) is 9.42. The van der Waals surface area contributed by atoms with Gasteiger partial charge in [0.05, 0.1) is 0 Å². The second kappa shape index (κ2) is 7.25. The standard InChI is InChI=1S/C15H28N2O2/c1-2-5-13-6-3-4-10-17(13)11-9-14(15(18)19)16-12-7-8-12/h12-14,16H,2-11H2,1H3,(H,18,19). The summed E-state index contributed by atoms with van der Waals surface area (Å²) in [5.41, 5.74) is 0. The van der Waals surface area contributed by atoms with Crippen LogP contribution in [0.4, 0.5) is 0 Å². The molecule has 2 aliphatic rings. The lowest BCUT2D eigenvalue weighted by Gasteiger charge is -2.36. The lowest BCUT2D eigenvalue weighted by Crippen LogP contribution is -2.45. The zero-order valence-electron chi connectivity index (χ0n) is 12.1. The van der Waals surface area contributed by atoms with Crippen LogP contribution >= 0.6 is 0 Å². The lowest BCUT2D eigenvalue weighted by atomic mass is 9.97. The number of hydrogen-bond donors (Lipinski definition) is 2. The third-order valence-electron chi connectivity index (χ3n) is 4.39. The van der Waals surface area contributed by atoms with Crippen LogP contribution in [0.25, 0.3) is 0 Å². The molecule has 0 aromatic carbocycles. The van der Waals surface area contributed by atoms with Crippen molar-refractivity contribution < 1.29 is 9.90 Å². The summed E-state index contributed by atoms with van der Waals surface area (Å²) >= 11 is 0. The number of carboxylic acid groups (broad SMARTS) is 1. The number of rotatable bonds is 8. The van der Waals surface area contributed by atoms with E-state index in [2.05, 4.69) is 17.1 Å². The van der Waals surface area contributed by atoms with E-state index in [1.165, 1.54) is 32.1 Å². The normalized spacial score (nSPS) is 26.3. The maximum atomic E-state index is 11.3. The largest absolute Gasteiger partial charge is 0.480 e. The molecule has 2 atom stereocenters. The summed E-state index contributed by atoms with van der Waals surface area (Å²) in [7, 11) is 0. The van der Waals surface area contributed by atoms with E-state index in [1.54, 1.807) is 0 Å². The van der Waals surface area contributed by atoms with Gasteiger partial charge in [-0.2, -0.15) is 0 Å². The molecule has 1 saturated carbocycles. The fourth-order valence-corrected chi connectivity index (χ4v) is 3.12. The molecule has 0 bridgehead atoms. The Morgan fingerprint density at radius 2 is 2.16 bits per heavy atom. The number of carboxylic acids is 1. The summed E-state index contributed by atoms with van der Waals surface area (Å²) in [6, 6.07) is 0.805. The number of likely N-dealkylation sites (tertiary alicyclic amines) is 1. The Balaban J connectivity index is 1.78. The number of hydrogen-bond acceptors (Lipinski definition) is 3. The molecule has 4 heteroatoms. The second-order valence-corrected chi connectivity index (χ2v) is 6.09. The second-order valence-electron chi connectivity index (χ2n) is 6.09. The summed E-state index contributed by atoms with van der Waals surface area (Å²) in [5.74, 6) is -0.684. The molecule has 2 unspecified atom stereocenters. The topological polar surface area (TPSA) is 52.6 Å². The van der Waals surface area contributed by atoms with Crippen LogP contribution in [0, 0.1) is 0 Å². The number of nitrogens with one attached hydrogen (secondary N) is 1. The van der Waals surface area contributed by atoms with Crippen LogP contribution in [0.1, 0.15) is 58.3 Å². The first-order chi connectivity index (χ1) is 9.20. The van der Waals surface area contributed by atoms with Crippen molar-refractivity contribution in [1.29, 1.82) is 0 Å². The van der Waals surface area contributed by atoms with Crippen LogP contribution in [-0.2, 0) is 4.79 Å². The van der Waals surface area contributed by atoms with Crippen molar-refractivity contribution in [3.63, 3.8) is 0 Å². The Labute approximate surface area is 116 Å². The highest BCUT2D eigenvalue weighted by molar-refractivity contribution is 5.73. The van der Waals surface area contributed by atoms with E-state index >= 15 is 0 Å². The summed E-state index contributed by atoms with van der Waals surface area (Å²) in [4.78, 5) is 13.8. The van der Waals surface area contributed by atoms with Crippen LogP contribution in [0.2, 0.25) is 0 Å². The Hall–Kier alpha value is -0.610. The number of nitrogens with zero attached hydrogens (tertiary/aromatic N) is 1. The maximum absolute atomic E-state index is 11.3. The van der Waals surface area contributed by atoms with Gasteiger partial charge < -0.3 is 15.3 Å². The van der Waals surface area contributed by atoms with Gasteiger partial charge in [0, 0.05) is 18.6 Å². The molecule has 0 radical (unpaired) electrons. The van der Waals surface area contributed by atoms with Gasteiger partial charge in [-0.1, -0.05) is 19.8 Å². The van der Waals surface area contributed by atoms with Crippen molar-refractivity contribution in [3.8, 4) is 0 Å². The van der Waals surface area contributed by atoms with E-state index in [4.69, 9.17) is 0 Å². The van der Waals surface area contributed by atoms with Crippen LogP contribution in [0.5, 0.6) is 0 Å². The van der Waals surface area contributed by atoms with Crippen molar-refractivity contribution in [2.45, 2.75) is 76.4 Å². The maximum Gasteiger partial charge on any atom is 0.320 e. The molecule has 0 spiro atoms. The molecule has 1 saturated heterocycles. The van der Waals surface area contributed by atoms with Crippen molar-refractivity contribution in [3.05, 3.63) is 0 Å². The van der Waals surface area contributed by atoms with E-state index in [9.17, 15) is 9.90 Å². The van der Waals surface area contributed by atoms with Gasteiger partial charge in [-0.25, -0.2) is 0 Å². The minimum atomic E-state index is -0.684. The van der Waals surface area contributed by atoms with E-state index in [1.807, 2.05) is 0 Å². The molecule has 0 amide bonds. The number of piperidine rings is 1. The highest BCUT2D eigenvalue weighted by Gasteiger charge is 2.29. The highest BCUT2D eigenvalue weighted by atomic mass is 16.4. The Kier molecular flexibility index (Phi) is 5.64. The van der Waals surface area contributed by atoms with Crippen molar-refractivity contribution in [2.24, 2.45) is 0 Å². The SMILES string of the molecule is CCCC1CCCCN1CCC(NC1CC1)C(=O)O. The Bertz CT molecular complexity index is 290. The monoisotopic (exact) mass is 268 g/mol. The van der Waals surface area contributed by atoms with Crippen LogP contribution < -0.4 is 5.32 Å². The lowest BCUT2D eigenvalue weighted by molar-refractivity contribution is -0.139. The fourth-order valence-electron chi connectivity index (χ4n) is 3.12. The summed E-state index contributed by atoms with van der Waals surface area (Å²) in [6.45, 7) is 4.32. The van der Waals surface area contributed by atoms with Gasteiger partial charge in [0.1, 0.15) is 6.04 Å². The Morgan fingerprint density at radius 3 is 2.79 bits per heavy atom. The third kappa shape index (κ3) is 4.77. The quantitative estimate of drug-likeness (QED) is 0.709. The van der Waals surface area contributed by atoms with E-state index in [0.717, 1.165) is 32.4 Å². The number of aliphatic carboxylic acids is 1. The van der Waals surface area contributed by atoms with Gasteiger partial charge in [0.25, 0.3) is 0 Å². The van der Waals surface area contributed by atoms with Gasteiger partial charge in [-0.15, -0.1) is 0 Å². The number of carbonyl (C=O) groups is 1. The average molecular weight is 268 g/mol. The molecule has 1 aliphatic heterocycles. The summed E-state index contributed by atoms with van der Waals surface area (Å²) < 4.78 is 0. The van der Waals surface area contributed by atoms with E-state index in [0.29, 0.717) is 12.1 Å². The first-order valence-electron chi connectivity index (χ1n) is 7.93. The molecule has 0 aromatic heterocycles. The fraction of sp³-hybridized carbons (Fsp3) is 0.933. The molecule has 19 heavy (non-hydrogen) atoms. The third-order valence-corrected chi connectivity index (χ3v) is 4.39. The highest BCUT2D eigenvalue weighted by Crippen LogP contribution is 2.23. The smallest absolute Gasteiger partial charge is 0.320 e. The predicted octanol–water partition coefficient (Wildman–Crippen LogP) is 2.24. The van der Waals surface area contributed by atoms with Crippen molar-refractivity contribution >= 4 is 5.97 Å². The molecular weight excluding hydrogens is 240 g/mol. The van der Waals surface area contributed by atoms with Gasteiger partial charge in [0.2, 0.25) is 0 Å². The van der Waals surface area contributed by atoms with Gasteiger partial charge in [0.15, 0.2) is 0 Å². The van der Waals surface area contributed by atoms with Gasteiger partial charge in [-0.3, -0.25) is 4.79 Å². The zero-order chi connectivity index (χ0) is 13.7. The first-order valence-corrected chi connectivity index (χ1v) is 7.93. The predicted molar refractivity (Wildman–Crippen MR) is 76.3 cm³/mol. The van der Waals surface area contributed by atoms with Crippen LogP contribution in [0.15, 0.2) is 0 Å². The van der Waals surface area contributed by atoms with Crippen LogP contribution in [-0.4, -0.2) is 47.2 Å². The van der Waals surface area contributed by atoms with E-state index < -0.39 is 5.97 Å².